The maximum atomic E-state index is 13.7. The fourth-order valence-electron chi connectivity index (χ4n) is 4.16. The summed E-state index contributed by atoms with van der Waals surface area (Å²) in [5.41, 5.74) is 4.71. The molecule has 2 amide bonds. The quantitative estimate of drug-likeness (QED) is 0.432. The summed E-state index contributed by atoms with van der Waals surface area (Å²) >= 11 is 0. The average Bonchev–Trinajstić information content (AvgIpc) is 2.82. The highest BCUT2D eigenvalue weighted by Gasteiger charge is 2.32. The van der Waals surface area contributed by atoms with Gasteiger partial charge in [-0.2, -0.15) is 0 Å². The number of carbonyl (C=O) groups is 2. The van der Waals surface area contributed by atoms with Gasteiger partial charge < -0.3 is 15.0 Å². The molecule has 0 radical (unpaired) electrons. The second-order valence-corrected chi connectivity index (χ2v) is 10.4. The summed E-state index contributed by atoms with van der Waals surface area (Å²) in [5.74, 6) is 0.278. The molecule has 3 aromatic carbocycles. The number of aryl methyl sites for hydroxylation is 2. The van der Waals surface area contributed by atoms with E-state index < -0.39 is 11.6 Å². The number of hydrogen-bond donors (Lipinski definition) is 1. The molecule has 0 heterocycles. The van der Waals surface area contributed by atoms with Crippen LogP contribution >= 0.6 is 0 Å². The standard InChI is InChI=1S/C31H38N2O3/c1-22-17-23(2)24(3)28(18-22)36-21-29(34)33(20-26-15-11-8-12-16-26)27(30(35)32-31(4,5)6)19-25-13-9-7-10-14-25/h7-18,27H,19-21H2,1-6H3,(H,32,35)/t27-/m0/s1. The Morgan fingerprint density at radius 1 is 0.889 bits per heavy atom. The van der Waals surface area contributed by atoms with Crippen LogP contribution in [0.1, 0.15) is 48.6 Å². The highest BCUT2D eigenvalue weighted by atomic mass is 16.5. The zero-order valence-electron chi connectivity index (χ0n) is 22.3. The molecular weight excluding hydrogens is 448 g/mol. The van der Waals surface area contributed by atoms with Gasteiger partial charge in [-0.1, -0.05) is 66.7 Å². The summed E-state index contributed by atoms with van der Waals surface area (Å²) in [4.78, 5) is 29.0. The topological polar surface area (TPSA) is 58.6 Å². The van der Waals surface area contributed by atoms with Crippen LogP contribution in [0.4, 0.5) is 0 Å². The lowest BCUT2D eigenvalue weighted by Crippen LogP contribution is -2.55. The molecule has 0 fully saturated rings. The van der Waals surface area contributed by atoms with E-state index in [9.17, 15) is 9.59 Å². The monoisotopic (exact) mass is 486 g/mol. The van der Waals surface area contributed by atoms with E-state index in [1.54, 1.807) is 4.90 Å². The lowest BCUT2D eigenvalue weighted by molar-refractivity contribution is -0.143. The third-order valence-electron chi connectivity index (χ3n) is 6.08. The Morgan fingerprint density at radius 2 is 1.47 bits per heavy atom. The Labute approximate surface area is 215 Å². The summed E-state index contributed by atoms with van der Waals surface area (Å²) < 4.78 is 6.04. The van der Waals surface area contributed by atoms with E-state index in [2.05, 4.69) is 11.4 Å². The molecule has 0 aromatic heterocycles. The maximum absolute atomic E-state index is 13.7. The van der Waals surface area contributed by atoms with Gasteiger partial charge >= 0.3 is 0 Å². The zero-order chi connectivity index (χ0) is 26.3. The second-order valence-electron chi connectivity index (χ2n) is 10.4. The minimum Gasteiger partial charge on any atom is -0.483 e. The lowest BCUT2D eigenvalue weighted by atomic mass is 10.0. The maximum Gasteiger partial charge on any atom is 0.261 e. The molecule has 5 heteroatoms. The molecule has 0 unspecified atom stereocenters. The Kier molecular flexibility index (Phi) is 8.92. The highest BCUT2D eigenvalue weighted by molar-refractivity contribution is 5.89. The molecule has 0 aliphatic carbocycles. The van der Waals surface area contributed by atoms with Crippen LogP contribution in [0.25, 0.3) is 0 Å². The molecule has 0 spiro atoms. The molecular formula is C31H38N2O3. The molecule has 190 valence electrons. The molecule has 1 atom stereocenters. The van der Waals surface area contributed by atoms with Gasteiger partial charge in [-0.3, -0.25) is 9.59 Å². The lowest BCUT2D eigenvalue weighted by Gasteiger charge is -2.33. The van der Waals surface area contributed by atoms with Crippen molar-refractivity contribution in [2.24, 2.45) is 0 Å². The first-order valence-corrected chi connectivity index (χ1v) is 12.4. The van der Waals surface area contributed by atoms with Crippen molar-refractivity contribution in [3.05, 3.63) is 101 Å². The molecule has 0 aliphatic rings. The predicted molar refractivity (Wildman–Crippen MR) is 145 cm³/mol. The van der Waals surface area contributed by atoms with Crippen molar-refractivity contribution in [3.63, 3.8) is 0 Å². The van der Waals surface area contributed by atoms with Crippen LogP contribution in [-0.4, -0.2) is 34.9 Å². The number of nitrogens with one attached hydrogen (secondary N) is 1. The number of rotatable bonds is 9. The van der Waals surface area contributed by atoms with Gasteiger partial charge in [0.1, 0.15) is 11.8 Å². The third kappa shape index (κ3) is 7.70. The predicted octanol–water partition coefficient (Wildman–Crippen LogP) is 5.55. The van der Waals surface area contributed by atoms with Crippen molar-refractivity contribution in [3.8, 4) is 5.75 Å². The SMILES string of the molecule is Cc1cc(C)c(C)c(OCC(=O)N(Cc2ccccc2)[C@@H](Cc2ccccc2)C(=O)NC(C)(C)C)c1. The van der Waals surface area contributed by atoms with Gasteiger partial charge in [-0.05, 0) is 75.4 Å². The molecule has 1 N–H and O–H groups in total. The molecule has 0 bridgehead atoms. The van der Waals surface area contributed by atoms with Crippen LogP contribution in [0.3, 0.4) is 0 Å². The minimum absolute atomic E-state index is 0.148. The van der Waals surface area contributed by atoms with Crippen molar-refractivity contribution in [2.45, 2.75) is 66.1 Å². The smallest absolute Gasteiger partial charge is 0.261 e. The van der Waals surface area contributed by atoms with E-state index in [0.717, 1.165) is 27.8 Å². The Balaban J connectivity index is 1.94. The van der Waals surface area contributed by atoms with E-state index in [4.69, 9.17) is 4.74 Å². The summed E-state index contributed by atoms with van der Waals surface area (Å²) in [6.45, 7) is 12.0. The van der Waals surface area contributed by atoms with Crippen molar-refractivity contribution in [2.75, 3.05) is 6.61 Å². The number of amides is 2. The van der Waals surface area contributed by atoms with E-state index in [-0.39, 0.29) is 18.4 Å². The van der Waals surface area contributed by atoms with Crippen LogP contribution in [-0.2, 0) is 22.6 Å². The molecule has 3 rings (SSSR count). The van der Waals surface area contributed by atoms with Crippen LogP contribution in [0.15, 0.2) is 72.8 Å². The molecule has 0 aliphatic heterocycles. The van der Waals surface area contributed by atoms with Crippen molar-refractivity contribution in [1.29, 1.82) is 0 Å². The fourth-order valence-corrected chi connectivity index (χ4v) is 4.16. The van der Waals surface area contributed by atoms with Gasteiger partial charge in [-0.15, -0.1) is 0 Å². The number of nitrogens with zero attached hydrogens (tertiary/aromatic N) is 1. The van der Waals surface area contributed by atoms with E-state index in [1.807, 2.05) is 108 Å². The Hall–Kier alpha value is -3.60. The van der Waals surface area contributed by atoms with Gasteiger partial charge in [0.15, 0.2) is 6.61 Å². The van der Waals surface area contributed by atoms with Gasteiger partial charge in [0, 0.05) is 18.5 Å². The fraction of sp³-hybridized carbons (Fsp3) is 0.355. The average molecular weight is 487 g/mol. The first-order chi connectivity index (χ1) is 17.0. The Morgan fingerprint density at radius 3 is 2.06 bits per heavy atom. The summed E-state index contributed by atoms with van der Waals surface area (Å²) in [5, 5.41) is 3.08. The van der Waals surface area contributed by atoms with Crippen LogP contribution in [0, 0.1) is 20.8 Å². The van der Waals surface area contributed by atoms with Crippen molar-refractivity contribution >= 4 is 11.8 Å². The van der Waals surface area contributed by atoms with Gasteiger partial charge in [0.05, 0.1) is 0 Å². The summed E-state index contributed by atoms with van der Waals surface area (Å²) in [6, 6.07) is 22.9. The molecule has 0 saturated carbocycles. The van der Waals surface area contributed by atoms with Crippen molar-refractivity contribution < 1.29 is 14.3 Å². The van der Waals surface area contributed by atoms with Gasteiger partial charge in [0.25, 0.3) is 5.91 Å². The summed E-state index contributed by atoms with van der Waals surface area (Å²) in [7, 11) is 0. The first-order valence-electron chi connectivity index (χ1n) is 12.4. The molecule has 0 saturated heterocycles. The van der Waals surface area contributed by atoms with Crippen LogP contribution in [0.5, 0.6) is 5.75 Å². The third-order valence-corrected chi connectivity index (χ3v) is 6.08. The number of carbonyl (C=O) groups excluding carboxylic acids is 2. The minimum atomic E-state index is -0.691. The second kappa shape index (κ2) is 11.9. The van der Waals surface area contributed by atoms with Gasteiger partial charge in [-0.25, -0.2) is 0 Å². The van der Waals surface area contributed by atoms with E-state index in [0.29, 0.717) is 18.7 Å². The normalized spacial score (nSPS) is 12.1. The number of ether oxygens (including phenoxy) is 1. The van der Waals surface area contributed by atoms with Crippen molar-refractivity contribution in [1.82, 2.24) is 10.2 Å². The van der Waals surface area contributed by atoms with E-state index >= 15 is 0 Å². The molecule has 5 nitrogen and oxygen atoms in total. The number of benzene rings is 3. The van der Waals surface area contributed by atoms with Crippen LogP contribution in [0.2, 0.25) is 0 Å². The van der Waals surface area contributed by atoms with Gasteiger partial charge in [0.2, 0.25) is 5.91 Å². The first kappa shape index (κ1) is 27.0. The highest BCUT2D eigenvalue weighted by Crippen LogP contribution is 2.24. The largest absolute Gasteiger partial charge is 0.483 e. The summed E-state index contributed by atoms with van der Waals surface area (Å²) in [6.07, 6.45) is 0.407. The molecule has 3 aromatic rings. The van der Waals surface area contributed by atoms with E-state index in [1.165, 1.54) is 0 Å². The van der Waals surface area contributed by atoms with Crippen LogP contribution < -0.4 is 10.1 Å². The molecule has 36 heavy (non-hydrogen) atoms. The Bertz CT molecular complexity index is 1170. The number of hydrogen-bond acceptors (Lipinski definition) is 3. The zero-order valence-corrected chi connectivity index (χ0v) is 22.3.